The first-order valence-corrected chi connectivity index (χ1v) is 9.05. The van der Waals surface area contributed by atoms with E-state index >= 15 is 0 Å². The number of aryl methyl sites for hydroxylation is 1. The summed E-state index contributed by atoms with van der Waals surface area (Å²) in [7, 11) is 0. The summed E-state index contributed by atoms with van der Waals surface area (Å²) in [6.45, 7) is 0.986. The van der Waals surface area contributed by atoms with Crippen molar-refractivity contribution in [1.82, 2.24) is 0 Å². The molecule has 2 unspecified atom stereocenters. The number of ether oxygens (including phenoxy) is 1. The van der Waals surface area contributed by atoms with Gasteiger partial charge in [-0.15, -0.1) is 12.4 Å². The van der Waals surface area contributed by atoms with Crippen molar-refractivity contribution < 1.29 is 9.53 Å². The first kappa shape index (κ1) is 18.7. The SMILES string of the molecule is Cl.NCCOc1ccc(NC(=O)C2CC23CCCc2ccccc23)cc1. The highest BCUT2D eigenvalue weighted by Crippen LogP contribution is 2.60. The smallest absolute Gasteiger partial charge is 0.228 e. The molecule has 0 saturated heterocycles. The number of nitrogens with two attached hydrogens (primary N) is 1. The lowest BCUT2D eigenvalue weighted by Crippen LogP contribution is -2.24. The lowest BCUT2D eigenvalue weighted by atomic mass is 9.78. The Labute approximate surface area is 160 Å². The standard InChI is InChI=1S/C21H24N2O2.ClH/c22-12-13-25-17-9-7-16(8-10-17)23-20(24)19-14-21(19)11-3-5-15-4-1-2-6-18(15)21;/h1-2,4,6-10,19H,3,5,11-14,22H2,(H,23,24);1H. The fourth-order valence-electron chi connectivity index (χ4n) is 4.22. The molecule has 3 N–H and O–H groups in total. The van der Waals surface area contributed by atoms with Crippen LogP contribution in [0.3, 0.4) is 0 Å². The topological polar surface area (TPSA) is 64.3 Å². The highest BCUT2D eigenvalue weighted by Gasteiger charge is 2.59. The van der Waals surface area contributed by atoms with Gasteiger partial charge in [0.2, 0.25) is 5.91 Å². The fraction of sp³-hybridized carbons (Fsp3) is 0.381. The molecule has 1 saturated carbocycles. The second-order valence-electron chi connectivity index (χ2n) is 7.07. The van der Waals surface area contributed by atoms with Crippen LogP contribution < -0.4 is 15.8 Å². The first-order chi connectivity index (χ1) is 12.2. The van der Waals surface area contributed by atoms with Gasteiger partial charge in [-0.2, -0.15) is 0 Å². The molecule has 138 valence electrons. The zero-order chi connectivity index (χ0) is 17.3. The zero-order valence-electron chi connectivity index (χ0n) is 14.7. The van der Waals surface area contributed by atoms with Gasteiger partial charge in [-0.1, -0.05) is 24.3 Å². The van der Waals surface area contributed by atoms with Gasteiger partial charge in [0.15, 0.2) is 0 Å². The predicted octanol–water partition coefficient (Wildman–Crippen LogP) is 3.68. The molecule has 0 aromatic heterocycles. The normalized spacial score (nSPS) is 22.9. The van der Waals surface area contributed by atoms with Gasteiger partial charge >= 0.3 is 0 Å². The Hall–Kier alpha value is -2.04. The number of fused-ring (bicyclic) bond motifs is 2. The van der Waals surface area contributed by atoms with E-state index in [2.05, 4.69) is 29.6 Å². The van der Waals surface area contributed by atoms with Crippen LogP contribution in [0.25, 0.3) is 0 Å². The molecule has 2 aliphatic rings. The highest BCUT2D eigenvalue weighted by molar-refractivity contribution is 5.96. The molecule has 0 radical (unpaired) electrons. The van der Waals surface area contributed by atoms with Crippen LogP contribution in [0.2, 0.25) is 0 Å². The van der Waals surface area contributed by atoms with Gasteiger partial charge in [-0.05, 0) is 61.1 Å². The monoisotopic (exact) mass is 372 g/mol. The Morgan fingerprint density at radius 2 is 1.96 bits per heavy atom. The molecule has 2 aromatic rings. The van der Waals surface area contributed by atoms with Gasteiger partial charge < -0.3 is 15.8 Å². The maximum absolute atomic E-state index is 12.8. The lowest BCUT2D eigenvalue weighted by Gasteiger charge is -2.26. The number of halogens is 1. The second-order valence-corrected chi connectivity index (χ2v) is 7.07. The van der Waals surface area contributed by atoms with Crippen molar-refractivity contribution in [2.45, 2.75) is 31.1 Å². The van der Waals surface area contributed by atoms with Crippen molar-refractivity contribution in [3.63, 3.8) is 0 Å². The average Bonchev–Trinajstić information content (AvgIpc) is 3.36. The number of anilines is 1. The second kappa shape index (κ2) is 7.68. The molecule has 26 heavy (non-hydrogen) atoms. The van der Waals surface area contributed by atoms with Crippen LogP contribution >= 0.6 is 12.4 Å². The Kier molecular flexibility index (Phi) is 5.54. The number of hydrogen-bond acceptors (Lipinski definition) is 3. The third-order valence-corrected chi connectivity index (χ3v) is 5.52. The van der Waals surface area contributed by atoms with Crippen LogP contribution in [-0.4, -0.2) is 19.1 Å². The summed E-state index contributed by atoms with van der Waals surface area (Å²) in [6.07, 6.45) is 4.39. The predicted molar refractivity (Wildman–Crippen MR) is 106 cm³/mol. The van der Waals surface area contributed by atoms with E-state index in [0.717, 1.165) is 30.7 Å². The quantitative estimate of drug-likeness (QED) is 0.841. The molecule has 4 rings (SSSR count). The van der Waals surface area contributed by atoms with Gasteiger partial charge in [0.1, 0.15) is 12.4 Å². The van der Waals surface area contributed by atoms with Gasteiger partial charge in [0.05, 0.1) is 0 Å². The minimum atomic E-state index is 0. The largest absolute Gasteiger partial charge is 0.492 e. The van der Waals surface area contributed by atoms with Crippen LogP contribution in [0.4, 0.5) is 5.69 Å². The highest BCUT2D eigenvalue weighted by atomic mass is 35.5. The van der Waals surface area contributed by atoms with Gasteiger partial charge in [-0.3, -0.25) is 4.79 Å². The van der Waals surface area contributed by atoms with E-state index in [0.29, 0.717) is 13.2 Å². The number of nitrogens with one attached hydrogen (secondary N) is 1. The minimum absolute atomic E-state index is 0. The molecule has 2 aliphatic carbocycles. The van der Waals surface area contributed by atoms with Crippen molar-refractivity contribution in [3.05, 3.63) is 59.7 Å². The molecule has 4 nitrogen and oxygen atoms in total. The Morgan fingerprint density at radius 1 is 1.19 bits per heavy atom. The van der Waals surface area contributed by atoms with Crippen molar-refractivity contribution in [3.8, 4) is 5.75 Å². The van der Waals surface area contributed by atoms with Crippen molar-refractivity contribution in [1.29, 1.82) is 0 Å². The van der Waals surface area contributed by atoms with Gasteiger partial charge in [-0.25, -0.2) is 0 Å². The first-order valence-electron chi connectivity index (χ1n) is 9.05. The molecular formula is C21H25ClN2O2. The number of benzene rings is 2. The summed E-state index contributed by atoms with van der Waals surface area (Å²) in [6, 6.07) is 16.1. The van der Waals surface area contributed by atoms with Crippen LogP contribution in [-0.2, 0) is 16.6 Å². The zero-order valence-corrected chi connectivity index (χ0v) is 15.6. The molecule has 0 heterocycles. The molecular weight excluding hydrogens is 348 g/mol. The van der Waals surface area contributed by atoms with Crippen molar-refractivity contribution in [2.24, 2.45) is 11.7 Å². The number of carbonyl (C=O) groups excluding carboxylic acids is 1. The summed E-state index contributed by atoms with van der Waals surface area (Å²) >= 11 is 0. The van der Waals surface area contributed by atoms with E-state index in [1.807, 2.05) is 24.3 Å². The van der Waals surface area contributed by atoms with Crippen LogP contribution in [0, 0.1) is 5.92 Å². The van der Waals surface area contributed by atoms with Crippen molar-refractivity contribution in [2.75, 3.05) is 18.5 Å². The minimum Gasteiger partial charge on any atom is -0.492 e. The number of rotatable bonds is 5. The number of carbonyl (C=O) groups is 1. The van der Waals surface area contributed by atoms with E-state index in [4.69, 9.17) is 10.5 Å². The molecule has 1 amide bonds. The van der Waals surface area contributed by atoms with Crippen LogP contribution in [0.15, 0.2) is 48.5 Å². The number of hydrogen-bond donors (Lipinski definition) is 2. The third-order valence-electron chi connectivity index (χ3n) is 5.52. The van der Waals surface area contributed by atoms with Crippen LogP contribution in [0.1, 0.15) is 30.4 Å². The number of amides is 1. The fourth-order valence-corrected chi connectivity index (χ4v) is 4.22. The summed E-state index contributed by atoms with van der Waals surface area (Å²) in [5.41, 5.74) is 9.14. The summed E-state index contributed by atoms with van der Waals surface area (Å²) in [5.74, 6) is 0.988. The van der Waals surface area contributed by atoms with Gasteiger partial charge in [0, 0.05) is 23.6 Å². The summed E-state index contributed by atoms with van der Waals surface area (Å²) in [4.78, 5) is 12.8. The molecule has 1 spiro atoms. The Morgan fingerprint density at radius 3 is 2.73 bits per heavy atom. The maximum atomic E-state index is 12.8. The molecule has 5 heteroatoms. The van der Waals surface area contributed by atoms with E-state index in [-0.39, 0.29) is 29.6 Å². The van der Waals surface area contributed by atoms with Crippen molar-refractivity contribution >= 4 is 24.0 Å². The molecule has 0 aliphatic heterocycles. The average molecular weight is 373 g/mol. The Bertz CT molecular complexity index is 778. The maximum Gasteiger partial charge on any atom is 0.228 e. The molecule has 0 bridgehead atoms. The third kappa shape index (κ3) is 3.44. The Balaban J connectivity index is 0.00000196. The van der Waals surface area contributed by atoms with E-state index in [9.17, 15) is 4.79 Å². The molecule has 1 fully saturated rings. The van der Waals surface area contributed by atoms with Crippen LogP contribution in [0.5, 0.6) is 5.75 Å². The van der Waals surface area contributed by atoms with E-state index in [1.54, 1.807) is 0 Å². The summed E-state index contributed by atoms with van der Waals surface area (Å²) < 4.78 is 5.47. The molecule has 2 aromatic carbocycles. The summed E-state index contributed by atoms with van der Waals surface area (Å²) in [5, 5.41) is 3.07. The van der Waals surface area contributed by atoms with E-state index in [1.165, 1.54) is 17.5 Å². The molecule has 2 atom stereocenters. The van der Waals surface area contributed by atoms with Gasteiger partial charge in [0.25, 0.3) is 0 Å². The van der Waals surface area contributed by atoms with E-state index < -0.39 is 0 Å². The lowest BCUT2D eigenvalue weighted by molar-refractivity contribution is -0.117.